The molecule has 2 nitrogen and oxygen atoms in total. The van der Waals surface area contributed by atoms with Gasteiger partial charge in [-0.15, -0.1) is 23.1 Å². The summed E-state index contributed by atoms with van der Waals surface area (Å²) in [5.41, 5.74) is 7.17. The lowest BCUT2D eigenvalue weighted by molar-refractivity contribution is 0.112. The summed E-state index contributed by atoms with van der Waals surface area (Å²) < 4.78 is 2.29. The van der Waals surface area contributed by atoms with E-state index in [9.17, 15) is 4.79 Å². The average Bonchev–Trinajstić information content (AvgIpc) is 2.61. The fraction of sp³-hybridized carbons (Fsp3) is 0.100. The first-order valence-electron chi connectivity index (χ1n) is 4.07. The van der Waals surface area contributed by atoms with E-state index in [-0.39, 0.29) is 0 Å². The van der Waals surface area contributed by atoms with Crippen LogP contribution in [-0.4, -0.2) is 12.5 Å². The van der Waals surface area contributed by atoms with E-state index < -0.39 is 0 Å². The van der Waals surface area contributed by atoms with E-state index in [1.54, 1.807) is 29.2 Å². The second kappa shape index (κ2) is 3.63. The molecule has 2 aromatic rings. The molecule has 72 valence electrons. The van der Waals surface area contributed by atoms with Crippen molar-refractivity contribution >= 4 is 45.2 Å². The maximum Gasteiger partial charge on any atom is 0.150 e. The molecule has 0 aliphatic carbocycles. The van der Waals surface area contributed by atoms with Gasteiger partial charge in [-0.25, -0.2) is 0 Å². The van der Waals surface area contributed by atoms with Crippen LogP contribution in [0.4, 0.5) is 5.69 Å². The van der Waals surface area contributed by atoms with Crippen LogP contribution in [-0.2, 0) is 0 Å². The highest BCUT2D eigenvalue weighted by atomic mass is 32.2. The van der Waals surface area contributed by atoms with Crippen molar-refractivity contribution in [3.8, 4) is 0 Å². The largest absolute Gasteiger partial charge is 0.398 e. The van der Waals surface area contributed by atoms with Gasteiger partial charge in [-0.1, -0.05) is 0 Å². The number of thiophene rings is 1. The van der Waals surface area contributed by atoms with Gasteiger partial charge in [0.05, 0.1) is 14.6 Å². The molecule has 0 unspecified atom stereocenters. The van der Waals surface area contributed by atoms with Gasteiger partial charge in [0.25, 0.3) is 0 Å². The zero-order valence-corrected chi connectivity index (χ0v) is 9.24. The third-order valence-electron chi connectivity index (χ3n) is 1.98. The molecule has 14 heavy (non-hydrogen) atoms. The topological polar surface area (TPSA) is 43.1 Å². The normalized spacial score (nSPS) is 10.6. The molecule has 2 rings (SSSR count). The Balaban J connectivity index is 2.73. The van der Waals surface area contributed by atoms with Crippen LogP contribution in [0.2, 0.25) is 0 Å². The minimum atomic E-state index is 0.639. The molecule has 0 fully saturated rings. The Kier molecular flexibility index (Phi) is 2.48. The number of carbonyl (C=O) groups excluding carboxylic acids is 1. The van der Waals surface area contributed by atoms with Gasteiger partial charge < -0.3 is 5.73 Å². The number of hydrogen-bond acceptors (Lipinski definition) is 4. The molecular weight excluding hydrogens is 214 g/mol. The highest BCUT2D eigenvalue weighted by molar-refractivity contribution is 8.00. The maximum absolute atomic E-state index is 10.6. The quantitative estimate of drug-likeness (QED) is 0.483. The minimum Gasteiger partial charge on any atom is -0.398 e. The van der Waals surface area contributed by atoms with Gasteiger partial charge in [0.15, 0.2) is 0 Å². The van der Waals surface area contributed by atoms with E-state index in [0.29, 0.717) is 11.3 Å². The summed E-state index contributed by atoms with van der Waals surface area (Å²) >= 11 is 3.36. The van der Waals surface area contributed by atoms with E-state index in [0.717, 1.165) is 16.4 Å². The Morgan fingerprint density at radius 2 is 2.21 bits per heavy atom. The van der Waals surface area contributed by atoms with Crippen molar-refractivity contribution < 1.29 is 4.79 Å². The summed E-state index contributed by atoms with van der Waals surface area (Å²) in [6.45, 7) is 0. The fourth-order valence-corrected chi connectivity index (χ4v) is 2.98. The lowest BCUT2D eigenvalue weighted by Gasteiger charge is -1.96. The second-order valence-electron chi connectivity index (χ2n) is 2.92. The molecule has 1 aromatic carbocycles. The van der Waals surface area contributed by atoms with E-state index in [2.05, 4.69) is 6.07 Å². The molecule has 0 amide bonds. The second-order valence-corrected chi connectivity index (χ2v) is 5.07. The minimum absolute atomic E-state index is 0.639. The van der Waals surface area contributed by atoms with E-state index in [4.69, 9.17) is 5.73 Å². The van der Waals surface area contributed by atoms with Crippen LogP contribution < -0.4 is 5.73 Å². The Labute approximate surface area is 90.1 Å². The molecule has 0 spiro atoms. The lowest BCUT2D eigenvalue weighted by atomic mass is 10.1. The number of thioether (sulfide) groups is 1. The number of aldehydes is 1. The highest BCUT2D eigenvalue weighted by Gasteiger charge is 2.05. The van der Waals surface area contributed by atoms with Crippen LogP contribution in [0, 0.1) is 0 Å². The Hall–Kier alpha value is -1.00. The van der Waals surface area contributed by atoms with Crippen molar-refractivity contribution in [2.75, 3.05) is 12.0 Å². The molecule has 0 radical (unpaired) electrons. The van der Waals surface area contributed by atoms with E-state index in [1.165, 1.54) is 4.21 Å². The first kappa shape index (κ1) is 9.55. The van der Waals surface area contributed by atoms with Crippen LogP contribution in [0.3, 0.4) is 0 Å². The third kappa shape index (κ3) is 1.51. The van der Waals surface area contributed by atoms with Crippen molar-refractivity contribution in [1.82, 2.24) is 0 Å². The SMILES string of the molecule is CSc1cc2cc(C=O)cc(N)c2s1. The Bertz CT molecular complexity index is 490. The summed E-state index contributed by atoms with van der Waals surface area (Å²) in [6.07, 6.45) is 2.85. The number of benzene rings is 1. The maximum atomic E-state index is 10.6. The predicted octanol–water partition coefficient (Wildman–Crippen LogP) is 3.02. The smallest absolute Gasteiger partial charge is 0.150 e. The van der Waals surface area contributed by atoms with Gasteiger partial charge in [0.2, 0.25) is 0 Å². The number of hydrogen-bond donors (Lipinski definition) is 1. The molecule has 0 aliphatic rings. The van der Waals surface area contributed by atoms with Crippen LogP contribution in [0.5, 0.6) is 0 Å². The van der Waals surface area contributed by atoms with Crippen LogP contribution in [0.1, 0.15) is 10.4 Å². The molecule has 0 atom stereocenters. The summed E-state index contributed by atoms with van der Waals surface area (Å²) in [5, 5.41) is 1.06. The van der Waals surface area contributed by atoms with Crippen molar-refractivity contribution in [2.24, 2.45) is 0 Å². The van der Waals surface area contributed by atoms with Crippen LogP contribution in [0.15, 0.2) is 22.4 Å². The van der Waals surface area contributed by atoms with Crippen molar-refractivity contribution in [2.45, 2.75) is 4.21 Å². The molecule has 4 heteroatoms. The van der Waals surface area contributed by atoms with Gasteiger partial charge >= 0.3 is 0 Å². The lowest BCUT2D eigenvalue weighted by Crippen LogP contribution is -1.87. The summed E-state index contributed by atoms with van der Waals surface area (Å²) in [4.78, 5) is 10.6. The summed E-state index contributed by atoms with van der Waals surface area (Å²) in [5.74, 6) is 0. The molecule has 0 saturated heterocycles. The zero-order chi connectivity index (χ0) is 10.1. The van der Waals surface area contributed by atoms with Crippen LogP contribution >= 0.6 is 23.1 Å². The highest BCUT2D eigenvalue weighted by Crippen LogP contribution is 2.35. The number of anilines is 1. The van der Waals surface area contributed by atoms with Crippen molar-refractivity contribution in [3.05, 3.63) is 23.8 Å². The van der Waals surface area contributed by atoms with Gasteiger partial charge in [-0.05, 0) is 29.8 Å². The number of fused-ring (bicyclic) bond motifs is 1. The molecule has 0 bridgehead atoms. The predicted molar refractivity (Wildman–Crippen MR) is 63.4 cm³/mol. The van der Waals surface area contributed by atoms with Gasteiger partial charge in [0.1, 0.15) is 6.29 Å². The fourth-order valence-electron chi connectivity index (χ4n) is 1.35. The summed E-state index contributed by atoms with van der Waals surface area (Å²) in [7, 11) is 0. The van der Waals surface area contributed by atoms with E-state index in [1.807, 2.05) is 12.3 Å². The van der Waals surface area contributed by atoms with Gasteiger partial charge in [-0.2, -0.15) is 0 Å². The van der Waals surface area contributed by atoms with E-state index >= 15 is 0 Å². The molecule has 0 saturated carbocycles. The first-order chi connectivity index (χ1) is 6.74. The van der Waals surface area contributed by atoms with Crippen molar-refractivity contribution in [1.29, 1.82) is 0 Å². The standard InChI is InChI=1S/C10H9NOS2/c1-13-9-4-7-2-6(5-12)3-8(11)10(7)14-9/h2-5H,11H2,1H3. The van der Waals surface area contributed by atoms with Gasteiger partial charge in [0, 0.05) is 5.56 Å². The number of carbonyl (C=O) groups is 1. The number of nitrogen functional groups attached to an aromatic ring is 1. The Morgan fingerprint density at radius 3 is 2.86 bits per heavy atom. The van der Waals surface area contributed by atoms with Gasteiger partial charge in [-0.3, -0.25) is 4.79 Å². The molecule has 1 heterocycles. The molecule has 2 N–H and O–H groups in total. The zero-order valence-electron chi connectivity index (χ0n) is 7.61. The number of nitrogens with two attached hydrogens (primary N) is 1. The van der Waals surface area contributed by atoms with Crippen molar-refractivity contribution in [3.63, 3.8) is 0 Å². The third-order valence-corrected chi connectivity index (χ3v) is 4.25. The van der Waals surface area contributed by atoms with Crippen LogP contribution in [0.25, 0.3) is 10.1 Å². The molecule has 0 aliphatic heterocycles. The summed E-state index contributed by atoms with van der Waals surface area (Å²) in [6, 6.07) is 5.65. The molecule has 1 aromatic heterocycles. The average molecular weight is 223 g/mol. The number of rotatable bonds is 2. The molecular formula is C10H9NOS2. The first-order valence-corrected chi connectivity index (χ1v) is 6.11. The Morgan fingerprint density at radius 1 is 1.43 bits per heavy atom. The monoisotopic (exact) mass is 223 g/mol.